The Kier molecular flexibility index (Phi) is 15.5. The zero-order valence-corrected chi connectivity index (χ0v) is 10.7. The lowest BCUT2D eigenvalue weighted by Crippen LogP contribution is -2.29. The van der Waals surface area contributed by atoms with E-state index < -0.39 is 12.0 Å². The minimum Gasteiger partial charge on any atom is -0.480 e. The first-order valence-electron chi connectivity index (χ1n) is 5.99. The van der Waals surface area contributed by atoms with Crippen molar-refractivity contribution in [2.24, 2.45) is 17.2 Å². The molecule has 0 radical (unpaired) electrons. The van der Waals surface area contributed by atoms with Crippen LogP contribution >= 0.6 is 0 Å². The highest BCUT2D eigenvalue weighted by Gasteiger charge is 2.09. The molecule has 0 aromatic heterocycles. The molecule has 0 saturated heterocycles. The largest absolute Gasteiger partial charge is 0.480 e. The Morgan fingerprint density at radius 3 is 1.94 bits per heavy atom. The molecule has 1 unspecified atom stereocenters. The van der Waals surface area contributed by atoms with Crippen molar-refractivity contribution in [1.82, 2.24) is 5.23 Å². The average Bonchev–Trinajstić information content (AvgIpc) is 2.30. The summed E-state index contributed by atoms with van der Waals surface area (Å²) in [6, 6.07) is -0.716. The van der Waals surface area contributed by atoms with Crippen molar-refractivity contribution in [1.29, 1.82) is 0 Å². The van der Waals surface area contributed by atoms with Gasteiger partial charge in [0.05, 0.1) is 6.54 Å². The molecule has 0 aliphatic carbocycles. The maximum absolute atomic E-state index is 10.1. The highest BCUT2D eigenvalue weighted by molar-refractivity contribution is 5.72. The van der Waals surface area contributed by atoms with Crippen LogP contribution in [0.3, 0.4) is 0 Å². The van der Waals surface area contributed by atoms with Crippen molar-refractivity contribution in [2.45, 2.75) is 38.1 Å². The first-order valence-corrected chi connectivity index (χ1v) is 5.99. The number of hydroxylamine groups is 2. The van der Waals surface area contributed by atoms with E-state index in [-0.39, 0.29) is 11.8 Å². The van der Waals surface area contributed by atoms with Crippen LogP contribution in [0, 0.1) is 0 Å². The molecule has 0 aromatic rings. The van der Waals surface area contributed by atoms with Gasteiger partial charge in [-0.25, -0.2) is 0 Å². The molecule has 0 amide bonds. The van der Waals surface area contributed by atoms with Gasteiger partial charge in [-0.05, 0) is 38.8 Å². The smallest absolute Gasteiger partial charge is 0.320 e. The second kappa shape index (κ2) is 14.3. The molecule has 0 bridgehead atoms. The first kappa shape index (κ1) is 19.6. The van der Waals surface area contributed by atoms with Crippen LogP contribution in [-0.4, -0.2) is 52.4 Å². The number of nitrogens with zero attached hydrogens (tertiary/aromatic N) is 1. The van der Waals surface area contributed by atoms with Crippen molar-refractivity contribution >= 4 is 5.97 Å². The molecule has 0 aliphatic rings. The van der Waals surface area contributed by atoms with E-state index in [4.69, 9.17) is 32.7 Å². The summed E-state index contributed by atoms with van der Waals surface area (Å²) in [6.45, 7) is 1.48. The van der Waals surface area contributed by atoms with Gasteiger partial charge in [0.25, 0.3) is 0 Å². The van der Waals surface area contributed by atoms with E-state index in [9.17, 15) is 4.79 Å². The Labute approximate surface area is 107 Å². The molecule has 0 aromatic carbocycles. The number of carboxylic acid groups (broad SMARTS) is 1. The van der Waals surface area contributed by atoms with E-state index in [0.29, 0.717) is 19.5 Å². The Morgan fingerprint density at radius 1 is 1.06 bits per heavy atom. The molecule has 8 nitrogen and oxygen atoms in total. The van der Waals surface area contributed by atoms with Gasteiger partial charge >= 0.3 is 5.97 Å². The fourth-order valence-corrected chi connectivity index (χ4v) is 1.03. The van der Waals surface area contributed by atoms with Gasteiger partial charge in [-0.2, -0.15) is 0 Å². The monoisotopic (exact) mass is 266 g/mol. The van der Waals surface area contributed by atoms with E-state index >= 15 is 0 Å². The van der Waals surface area contributed by atoms with Crippen LogP contribution in [0.5, 0.6) is 0 Å². The number of nitrogens with two attached hydrogens (primary N) is 3. The van der Waals surface area contributed by atoms with Crippen molar-refractivity contribution in [2.75, 3.05) is 19.6 Å². The summed E-state index contributed by atoms with van der Waals surface area (Å²) >= 11 is 0. The summed E-state index contributed by atoms with van der Waals surface area (Å²) in [6.07, 6.45) is 3.72. The predicted octanol–water partition coefficient (Wildman–Crippen LogP) is -0.667. The number of unbranched alkanes of at least 4 members (excludes halogenated alkanes) is 2. The number of rotatable bonds is 9. The zero-order chi connectivity index (χ0) is 14.4. The molecular weight excluding hydrogens is 240 g/mol. The molecule has 0 heterocycles. The normalized spacial score (nSPS) is 11.9. The number of carbonyl (C=O) groups is 1. The maximum Gasteiger partial charge on any atom is 0.320 e. The third kappa shape index (κ3) is 17.6. The van der Waals surface area contributed by atoms with E-state index in [1.165, 1.54) is 0 Å². The Hall–Kier alpha value is -0.770. The number of aliphatic carboxylic acids is 1. The van der Waals surface area contributed by atoms with Crippen LogP contribution in [-0.2, 0) is 4.79 Å². The van der Waals surface area contributed by atoms with Crippen molar-refractivity contribution in [3.05, 3.63) is 0 Å². The van der Waals surface area contributed by atoms with Gasteiger partial charge in [0.2, 0.25) is 0 Å². The highest BCUT2D eigenvalue weighted by atomic mass is 16.8. The van der Waals surface area contributed by atoms with Crippen LogP contribution < -0.4 is 17.2 Å². The molecule has 0 rings (SSSR count). The van der Waals surface area contributed by atoms with Gasteiger partial charge in [0, 0.05) is 0 Å². The van der Waals surface area contributed by atoms with E-state index in [0.717, 1.165) is 25.7 Å². The van der Waals surface area contributed by atoms with Gasteiger partial charge in [-0.3, -0.25) is 15.2 Å². The lowest BCUT2D eigenvalue weighted by atomic mass is 10.1. The summed E-state index contributed by atoms with van der Waals surface area (Å²) in [7, 11) is 0. The molecule has 0 saturated carbocycles. The van der Waals surface area contributed by atoms with E-state index in [1.807, 2.05) is 0 Å². The van der Waals surface area contributed by atoms with Gasteiger partial charge < -0.3 is 22.3 Å². The third-order valence-electron chi connectivity index (χ3n) is 2.10. The highest BCUT2D eigenvalue weighted by Crippen LogP contribution is 1.96. The quantitative estimate of drug-likeness (QED) is 0.237. The molecular formula is C10H26N4O4. The van der Waals surface area contributed by atoms with Gasteiger partial charge in [-0.1, -0.05) is 11.6 Å². The van der Waals surface area contributed by atoms with Crippen LogP contribution in [0.1, 0.15) is 32.1 Å². The topological polar surface area (TPSA) is 159 Å². The standard InChI is InChI=1S/C6H14N2O2.C4H12N2O2/c7-4-2-1-3-5(8)6(9)10;5-3-1-2-4-6(7)8/h5H,1-4,7-8H2,(H,9,10);7-8H,1-5H2. The second-order valence-corrected chi connectivity index (χ2v) is 3.82. The zero-order valence-electron chi connectivity index (χ0n) is 10.7. The molecule has 18 heavy (non-hydrogen) atoms. The molecule has 0 fully saturated rings. The van der Waals surface area contributed by atoms with Gasteiger partial charge in [0.15, 0.2) is 0 Å². The Bertz CT molecular complexity index is 193. The molecule has 1 atom stereocenters. The third-order valence-corrected chi connectivity index (χ3v) is 2.10. The Balaban J connectivity index is 0. The van der Waals surface area contributed by atoms with Gasteiger partial charge in [0.1, 0.15) is 6.04 Å². The molecule has 0 spiro atoms. The Morgan fingerprint density at radius 2 is 1.56 bits per heavy atom. The van der Waals surface area contributed by atoms with E-state index in [1.54, 1.807) is 0 Å². The van der Waals surface area contributed by atoms with Crippen LogP contribution in [0.4, 0.5) is 0 Å². The number of hydrogen-bond donors (Lipinski definition) is 6. The van der Waals surface area contributed by atoms with Crippen molar-refractivity contribution in [3.63, 3.8) is 0 Å². The second-order valence-electron chi connectivity index (χ2n) is 3.82. The van der Waals surface area contributed by atoms with Crippen LogP contribution in [0.25, 0.3) is 0 Å². The average molecular weight is 266 g/mol. The van der Waals surface area contributed by atoms with Crippen LogP contribution in [0.2, 0.25) is 0 Å². The van der Waals surface area contributed by atoms with Gasteiger partial charge in [-0.15, -0.1) is 0 Å². The van der Waals surface area contributed by atoms with Crippen molar-refractivity contribution < 1.29 is 20.3 Å². The van der Waals surface area contributed by atoms with Crippen LogP contribution in [0.15, 0.2) is 0 Å². The molecule has 8 heteroatoms. The lowest BCUT2D eigenvalue weighted by molar-refractivity contribution is -0.306. The molecule has 110 valence electrons. The van der Waals surface area contributed by atoms with Crippen molar-refractivity contribution in [3.8, 4) is 0 Å². The SMILES string of the molecule is NCCCCC(N)C(=O)O.NCCCCN(O)O. The summed E-state index contributed by atoms with van der Waals surface area (Å²) in [4.78, 5) is 10.1. The summed E-state index contributed by atoms with van der Waals surface area (Å²) in [5.74, 6) is -0.933. The molecule has 0 aliphatic heterocycles. The number of carboxylic acids is 1. The first-order chi connectivity index (χ1) is 8.45. The lowest BCUT2D eigenvalue weighted by Gasteiger charge is -2.03. The van der Waals surface area contributed by atoms with E-state index in [2.05, 4.69) is 0 Å². The summed E-state index contributed by atoms with van der Waals surface area (Å²) in [5, 5.41) is 24.8. The fourth-order valence-electron chi connectivity index (χ4n) is 1.03. The minimum absolute atomic E-state index is 0.176. The maximum atomic E-state index is 10.1. The predicted molar refractivity (Wildman–Crippen MR) is 67.1 cm³/mol. The summed E-state index contributed by atoms with van der Waals surface area (Å²) < 4.78 is 0. The fraction of sp³-hybridized carbons (Fsp3) is 0.900. The number of hydrogen-bond acceptors (Lipinski definition) is 7. The minimum atomic E-state index is -0.933. The molecule has 9 N–H and O–H groups in total. The summed E-state index contributed by atoms with van der Waals surface area (Å²) in [5.41, 5.74) is 15.6.